The monoisotopic (exact) mass is 285 g/mol. The maximum absolute atomic E-state index is 11.3. The van der Waals surface area contributed by atoms with E-state index in [2.05, 4.69) is 5.32 Å². The van der Waals surface area contributed by atoms with Crippen LogP contribution in [0.15, 0.2) is 12.2 Å². The fourth-order valence-corrected chi connectivity index (χ4v) is 1.14. The molecular weight excluding hydrogens is 258 g/mol. The van der Waals surface area contributed by atoms with E-state index in [4.69, 9.17) is 9.47 Å². The third-order valence-electron chi connectivity index (χ3n) is 2.44. The Morgan fingerprint density at radius 2 is 1.70 bits per heavy atom. The van der Waals surface area contributed by atoms with Crippen molar-refractivity contribution in [1.82, 2.24) is 5.32 Å². The lowest BCUT2D eigenvalue weighted by atomic mass is 10.1. The summed E-state index contributed by atoms with van der Waals surface area (Å²) in [7, 11) is 0. The summed E-state index contributed by atoms with van der Waals surface area (Å²) < 4.78 is 10.5. The summed E-state index contributed by atoms with van der Waals surface area (Å²) in [6.45, 7) is 9.56. The first kappa shape index (κ1) is 18.8. The van der Waals surface area contributed by atoms with E-state index in [-0.39, 0.29) is 24.2 Å². The molecule has 0 heterocycles. The van der Waals surface area contributed by atoms with E-state index in [0.717, 1.165) is 0 Å². The maximum atomic E-state index is 11.3. The molecule has 0 aromatic carbocycles. The number of hydrogen-bond acceptors (Lipinski definition) is 4. The Morgan fingerprint density at radius 1 is 1.05 bits per heavy atom. The van der Waals surface area contributed by atoms with E-state index in [1.54, 1.807) is 0 Å². The lowest BCUT2D eigenvalue weighted by Crippen LogP contribution is -2.26. The summed E-state index contributed by atoms with van der Waals surface area (Å²) in [6, 6.07) is 0. The normalized spacial score (nSPS) is 11.5. The topological polar surface area (TPSA) is 64.6 Å². The molecule has 0 saturated heterocycles. The predicted molar refractivity (Wildman–Crippen MR) is 78.5 cm³/mol. The minimum Gasteiger partial charge on any atom is -0.377 e. The molecule has 0 fully saturated rings. The summed E-state index contributed by atoms with van der Waals surface area (Å²) in [4.78, 5) is 22.5. The molecule has 116 valence electrons. The van der Waals surface area contributed by atoms with Crippen molar-refractivity contribution in [1.29, 1.82) is 0 Å². The molecule has 0 bridgehead atoms. The van der Waals surface area contributed by atoms with E-state index < -0.39 is 0 Å². The smallest absolute Gasteiger partial charge is 0.243 e. The molecule has 1 amide bonds. The van der Waals surface area contributed by atoms with Crippen LogP contribution < -0.4 is 5.32 Å². The highest BCUT2D eigenvalue weighted by Gasteiger charge is 2.06. The average Bonchev–Trinajstić information content (AvgIpc) is 2.38. The number of carbonyl (C=O) groups excluding carboxylic acids is 2. The number of amides is 1. The Kier molecular flexibility index (Phi) is 10.9. The van der Waals surface area contributed by atoms with Gasteiger partial charge in [0.15, 0.2) is 5.78 Å². The molecule has 20 heavy (non-hydrogen) atoms. The van der Waals surface area contributed by atoms with Gasteiger partial charge in [0.05, 0.1) is 19.8 Å². The van der Waals surface area contributed by atoms with Crippen molar-refractivity contribution in [2.24, 2.45) is 11.8 Å². The van der Waals surface area contributed by atoms with Crippen LogP contribution in [0, 0.1) is 11.8 Å². The number of ether oxygens (including phenoxy) is 2. The van der Waals surface area contributed by atoms with Crippen LogP contribution >= 0.6 is 0 Å². The quantitative estimate of drug-likeness (QED) is 0.462. The van der Waals surface area contributed by atoms with Crippen molar-refractivity contribution >= 4 is 11.7 Å². The number of Topliss-reactive ketones (excluding diaryl/α,β-unsaturated/α-hetero) is 1. The van der Waals surface area contributed by atoms with Gasteiger partial charge >= 0.3 is 0 Å². The van der Waals surface area contributed by atoms with Crippen LogP contribution in [0.5, 0.6) is 0 Å². The number of hydrogen-bond donors (Lipinski definition) is 1. The highest BCUT2D eigenvalue weighted by atomic mass is 16.5. The lowest BCUT2D eigenvalue weighted by molar-refractivity contribution is -0.127. The van der Waals surface area contributed by atoms with Gasteiger partial charge in [0.1, 0.15) is 6.61 Å². The van der Waals surface area contributed by atoms with Gasteiger partial charge < -0.3 is 14.8 Å². The zero-order valence-electron chi connectivity index (χ0n) is 13.0. The Labute approximate surface area is 121 Å². The summed E-state index contributed by atoms with van der Waals surface area (Å²) in [5, 5.41) is 2.72. The fourth-order valence-electron chi connectivity index (χ4n) is 1.14. The molecule has 0 aliphatic rings. The molecule has 0 rings (SSSR count). The predicted octanol–water partition coefficient (Wildman–Crippen LogP) is 1.57. The van der Waals surface area contributed by atoms with Crippen LogP contribution in [-0.4, -0.2) is 44.7 Å². The second-order valence-corrected chi connectivity index (χ2v) is 5.18. The minimum absolute atomic E-state index is 0.00465. The van der Waals surface area contributed by atoms with Crippen LogP contribution in [-0.2, 0) is 19.1 Å². The zero-order chi connectivity index (χ0) is 15.4. The standard InChI is InChI=1S/C15H27NO4/c1-12(2)5-6-15(18)16-7-8-19-9-10-20-11-14(17)13(3)4/h5-6,12-13H,7-11H2,1-4H3,(H,16,18)/b6-5+. The van der Waals surface area contributed by atoms with Crippen LogP contribution in [0.3, 0.4) is 0 Å². The highest BCUT2D eigenvalue weighted by molar-refractivity contribution is 5.87. The molecule has 0 saturated carbocycles. The van der Waals surface area contributed by atoms with Crippen LogP contribution in [0.4, 0.5) is 0 Å². The molecule has 0 aliphatic heterocycles. The number of rotatable bonds is 11. The van der Waals surface area contributed by atoms with Crippen molar-refractivity contribution in [2.75, 3.05) is 33.0 Å². The molecule has 1 N–H and O–H groups in total. The van der Waals surface area contributed by atoms with Crippen LogP contribution in [0.1, 0.15) is 27.7 Å². The summed E-state index contributed by atoms with van der Waals surface area (Å²) in [5.74, 6) is 0.350. The van der Waals surface area contributed by atoms with Crippen LogP contribution in [0.2, 0.25) is 0 Å². The van der Waals surface area contributed by atoms with Crippen molar-refractivity contribution in [2.45, 2.75) is 27.7 Å². The summed E-state index contributed by atoms with van der Waals surface area (Å²) in [6.07, 6.45) is 3.38. The molecule has 0 radical (unpaired) electrons. The number of carbonyl (C=O) groups is 2. The Morgan fingerprint density at radius 3 is 2.30 bits per heavy atom. The molecule has 0 aromatic heterocycles. The van der Waals surface area contributed by atoms with E-state index in [1.807, 2.05) is 33.8 Å². The third kappa shape index (κ3) is 11.9. The molecule has 5 nitrogen and oxygen atoms in total. The van der Waals surface area contributed by atoms with E-state index in [9.17, 15) is 9.59 Å². The number of ketones is 1. The zero-order valence-corrected chi connectivity index (χ0v) is 13.0. The van der Waals surface area contributed by atoms with Gasteiger partial charge in [0.2, 0.25) is 5.91 Å². The minimum atomic E-state index is -0.110. The largest absolute Gasteiger partial charge is 0.377 e. The molecular formula is C15H27NO4. The first-order valence-corrected chi connectivity index (χ1v) is 7.07. The average molecular weight is 285 g/mol. The van der Waals surface area contributed by atoms with Gasteiger partial charge in [0, 0.05) is 12.5 Å². The first-order valence-electron chi connectivity index (χ1n) is 7.07. The van der Waals surface area contributed by atoms with Crippen molar-refractivity contribution < 1.29 is 19.1 Å². The third-order valence-corrected chi connectivity index (χ3v) is 2.44. The van der Waals surface area contributed by atoms with Crippen molar-refractivity contribution in [3.05, 3.63) is 12.2 Å². The molecule has 0 aromatic rings. The second kappa shape index (κ2) is 11.6. The molecule has 5 heteroatoms. The van der Waals surface area contributed by atoms with E-state index in [0.29, 0.717) is 32.3 Å². The molecule has 0 atom stereocenters. The van der Waals surface area contributed by atoms with Gasteiger partial charge in [-0.25, -0.2) is 0 Å². The van der Waals surface area contributed by atoms with E-state index in [1.165, 1.54) is 6.08 Å². The van der Waals surface area contributed by atoms with E-state index >= 15 is 0 Å². The van der Waals surface area contributed by atoms with Gasteiger partial charge in [-0.2, -0.15) is 0 Å². The molecule has 0 aliphatic carbocycles. The number of nitrogens with one attached hydrogen (secondary N) is 1. The SMILES string of the molecule is CC(C)/C=C/C(=O)NCCOCCOCC(=O)C(C)C. The van der Waals surface area contributed by atoms with Gasteiger partial charge in [-0.05, 0) is 12.0 Å². The Hall–Kier alpha value is -1.20. The van der Waals surface area contributed by atoms with Gasteiger partial charge in [-0.3, -0.25) is 9.59 Å². The van der Waals surface area contributed by atoms with Gasteiger partial charge in [-0.1, -0.05) is 33.8 Å². The fraction of sp³-hybridized carbons (Fsp3) is 0.733. The Balaban J connectivity index is 3.37. The first-order chi connectivity index (χ1) is 9.43. The van der Waals surface area contributed by atoms with Crippen LogP contribution in [0.25, 0.3) is 0 Å². The van der Waals surface area contributed by atoms with Gasteiger partial charge in [0.25, 0.3) is 0 Å². The maximum Gasteiger partial charge on any atom is 0.243 e. The van der Waals surface area contributed by atoms with Gasteiger partial charge in [-0.15, -0.1) is 0 Å². The lowest BCUT2D eigenvalue weighted by Gasteiger charge is -2.07. The summed E-state index contributed by atoms with van der Waals surface area (Å²) in [5.41, 5.74) is 0. The highest BCUT2D eigenvalue weighted by Crippen LogP contribution is 1.94. The Bertz CT molecular complexity index is 311. The number of allylic oxidation sites excluding steroid dienone is 1. The summed E-state index contributed by atoms with van der Waals surface area (Å²) >= 11 is 0. The second-order valence-electron chi connectivity index (χ2n) is 5.18. The molecule has 0 unspecified atom stereocenters. The molecule has 0 spiro atoms. The van der Waals surface area contributed by atoms with Crippen molar-refractivity contribution in [3.8, 4) is 0 Å². The van der Waals surface area contributed by atoms with Crippen molar-refractivity contribution in [3.63, 3.8) is 0 Å².